The van der Waals surface area contributed by atoms with Gasteiger partial charge in [0.15, 0.2) is 0 Å². The molecule has 1 aliphatic rings. The number of aliphatic hydroxyl groups excluding tert-OH is 2. The Morgan fingerprint density at radius 2 is 1.95 bits per heavy atom. The zero-order chi connectivity index (χ0) is 14.7. The van der Waals surface area contributed by atoms with Crippen LogP contribution < -0.4 is 0 Å². The van der Waals surface area contributed by atoms with Gasteiger partial charge in [-0.3, -0.25) is 4.79 Å². The van der Waals surface area contributed by atoms with Crippen molar-refractivity contribution < 1.29 is 28.9 Å². The van der Waals surface area contributed by atoms with Crippen molar-refractivity contribution in [2.45, 2.75) is 37.3 Å². The number of benzene rings is 1. The number of carbonyl (C=O) groups excluding carboxylic acids is 1. The molecule has 0 saturated carbocycles. The average molecular weight is 284 g/mol. The third kappa shape index (κ3) is 3.15. The number of aliphatic hydroxyl groups is 2. The Morgan fingerprint density at radius 1 is 1.30 bits per heavy atom. The first-order valence-electron chi connectivity index (χ1n) is 6.37. The molecule has 20 heavy (non-hydrogen) atoms. The van der Waals surface area contributed by atoms with Gasteiger partial charge in [-0.05, 0) is 24.1 Å². The average Bonchev–Trinajstić information content (AvgIpc) is 2.73. The minimum absolute atomic E-state index is 0.0983. The normalized spacial score (nSPS) is 29.4. The Hall–Kier alpha value is -1.50. The largest absolute Gasteiger partial charge is 0.469 e. The van der Waals surface area contributed by atoms with Crippen LogP contribution in [0.25, 0.3) is 0 Å². The summed E-state index contributed by atoms with van der Waals surface area (Å²) in [7, 11) is 1.28. The lowest BCUT2D eigenvalue weighted by molar-refractivity contribution is -0.141. The minimum atomic E-state index is -1.11. The number of hydrogen-bond acceptors (Lipinski definition) is 5. The molecule has 4 atom stereocenters. The summed E-state index contributed by atoms with van der Waals surface area (Å²) in [5.74, 6) is -0.787. The number of rotatable bonds is 4. The lowest BCUT2D eigenvalue weighted by Gasteiger charge is -2.14. The summed E-state index contributed by atoms with van der Waals surface area (Å²) in [5, 5.41) is 19.9. The van der Waals surface area contributed by atoms with Gasteiger partial charge in [0.05, 0.1) is 13.2 Å². The Balaban J connectivity index is 2.02. The zero-order valence-electron chi connectivity index (χ0n) is 11.0. The second-order valence-electron chi connectivity index (χ2n) is 4.74. The number of carbonyl (C=O) groups is 1. The van der Waals surface area contributed by atoms with Crippen molar-refractivity contribution in [2.75, 3.05) is 7.11 Å². The lowest BCUT2D eigenvalue weighted by Crippen LogP contribution is -2.30. The molecule has 0 aromatic heterocycles. The molecule has 1 saturated heterocycles. The lowest BCUT2D eigenvalue weighted by atomic mass is 10.00. The molecule has 6 heteroatoms. The van der Waals surface area contributed by atoms with Crippen molar-refractivity contribution in [1.29, 1.82) is 0 Å². The molecule has 1 aromatic carbocycles. The highest BCUT2D eigenvalue weighted by Crippen LogP contribution is 2.35. The Kier molecular flexibility index (Phi) is 4.69. The van der Waals surface area contributed by atoms with Crippen molar-refractivity contribution in [3.63, 3.8) is 0 Å². The number of halogens is 1. The van der Waals surface area contributed by atoms with E-state index in [1.165, 1.54) is 31.4 Å². The molecule has 0 bridgehead atoms. The number of ether oxygens (including phenoxy) is 2. The summed E-state index contributed by atoms with van der Waals surface area (Å²) in [6, 6.07) is 5.52. The van der Waals surface area contributed by atoms with Crippen molar-refractivity contribution in [3.8, 4) is 0 Å². The smallest absolute Gasteiger partial charge is 0.305 e. The maximum atomic E-state index is 12.9. The predicted molar refractivity (Wildman–Crippen MR) is 67.3 cm³/mol. The summed E-state index contributed by atoms with van der Waals surface area (Å²) >= 11 is 0. The summed E-state index contributed by atoms with van der Waals surface area (Å²) in [6.07, 6.45) is -3.23. The monoisotopic (exact) mass is 284 g/mol. The van der Waals surface area contributed by atoms with E-state index < -0.39 is 30.4 Å². The fourth-order valence-electron chi connectivity index (χ4n) is 2.28. The first-order valence-corrected chi connectivity index (χ1v) is 6.37. The maximum absolute atomic E-state index is 12.9. The maximum Gasteiger partial charge on any atom is 0.305 e. The van der Waals surface area contributed by atoms with Crippen LogP contribution in [0.15, 0.2) is 24.3 Å². The van der Waals surface area contributed by atoms with Gasteiger partial charge in [-0.25, -0.2) is 4.39 Å². The summed E-state index contributed by atoms with van der Waals surface area (Å²) < 4.78 is 23.0. The van der Waals surface area contributed by atoms with Crippen molar-refractivity contribution in [1.82, 2.24) is 0 Å². The molecule has 110 valence electrons. The van der Waals surface area contributed by atoms with Crippen LogP contribution in [0.4, 0.5) is 4.39 Å². The second-order valence-corrected chi connectivity index (χ2v) is 4.74. The molecular weight excluding hydrogens is 267 g/mol. The molecule has 0 spiro atoms. The van der Waals surface area contributed by atoms with Gasteiger partial charge in [-0.15, -0.1) is 0 Å². The SMILES string of the molecule is COC(=O)CC[C@@H]1O[C@@H](c2ccc(F)cc2)[C@@H](O)[C@H]1O. The molecule has 0 radical (unpaired) electrons. The third-order valence-corrected chi connectivity index (χ3v) is 3.42. The Bertz CT molecular complexity index is 461. The van der Waals surface area contributed by atoms with Crippen LogP contribution >= 0.6 is 0 Å². The van der Waals surface area contributed by atoms with Crippen molar-refractivity contribution in [2.24, 2.45) is 0 Å². The summed E-state index contributed by atoms with van der Waals surface area (Å²) in [4.78, 5) is 11.1. The van der Waals surface area contributed by atoms with Gasteiger partial charge in [0, 0.05) is 6.42 Å². The minimum Gasteiger partial charge on any atom is -0.469 e. The van der Waals surface area contributed by atoms with Crippen LogP contribution in [-0.2, 0) is 14.3 Å². The first kappa shape index (κ1) is 14.9. The zero-order valence-corrected chi connectivity index (χ0v) is 11.0. The van der Waals surface area contributed by atoms with Gasteiger partial charge >= 0.3 is 5.97 Å². The van der Waals surface area contributed by atoms with Crippen LogP contribution in [0.2, 0.25) is 0 Å². The molecule has 2 rings (SSSR count). The van der Waals surface area contributed by atoms with Gasteiger partial charge < -0.3 is 19.7 Å². The molecule has 0 aliphatic carbocycles. The first-order chi connectivity index (χ1) is 9.52. The van der Waals surface area contributed by atoms with Gasteiger partial charge in [-0.2, -0.15) is 0 Å². The molecule has 1 fully saturated rings. The third-order valence-electron chi connectivity index (χ3n) is 3.42. The fraction of sp³-hybridized carbons (Fsp3) is 0.500. The number of hydrogen-bond donors (Lipinski definition) is 2. The van der Waals surface area contributed by atoms with Crippen LogP contribution in [-0.4, -0.2) is 41.6 Å². The van der Waals surface area contributed by atoms with Crippen molar-refractivity contribution in [3.05, 3.63) is 35.6 Å². The Morgan fingerprint density at radius 3 is 2.55 bits per heavy atom. The number of methoxy groups -OCH3 is 1. The van der Waals surface area contributed by atoms with E-state index in [0.29, 0.717) is 5.56 Å². The van der Waals surface area contributed by atoms with E-state index in [0.717, 1.165) is 0 Å². The molecule has 0 unspecified atom stereocenters. The van der Waals surface area contributed by atoms with Crippen LogP contribution in [0.3, 0.4) is 0 Å². The standard InChI is InChI=1S/C14H17FO5/c1-19-11(16)7-6-10-12(17)13(18)14(20-10)8-2-4-9(15)5-3-8/h2-5,10,12-14,17-18H,6-7H2,1H3/t10-,12-,13-,14-/m0/s1. The molecule has 5 nitrogen and oxygen atoms in total. The van der Waals surface area contributed by atoms with Crippen LogP contribution in [0.5, 0.6) is 0 Å². The molecule has 1 aromatic rings. The Labute approximate surface area is 115 Å². The van der Waals surface area contributed by atoms with Gasteiger partial charge in [0.1, 0.15) is 24.1 Å². The van der Waals surface area contributed by atoms with E-state index in [1.807, 2.05) is 0 Å². The molecule has 2 N–H and O–H groups in total. The van der Waals surface area contributed by atoms with Crippen LogP contribution in [0.1, 0.15) is 24.5 Å². The predicted octanol–water partition coefficient (Wildman–Crippen LogP) is 0.941. The number of esters is 1. The van der Waals surface area contributed by atoms with Crippen molar-refractivity contribution >= 4 is 5.97 Å². The molecule has 1 aliphatic heterocycles. The topological polar surface area (TPSA) is 76.0 Å². The quantitative estimate of drug-likeness (QED) is 0.805. The van der Waals surface area contributed by atoms with E-state index in [2.05, 4.69) is 4.74 Å². The van der Waals surface area contributed by atoms with E-state index in [-0.39, 0.29) is 18.7 Å². The van der Waals surface area contributed by atoms with E-state index in [9.17, 15) is 19.4 Å². The van der Waals surface area contributed by atoms with E-state index in [1.54, 1.807) is 0 Å². The van der Waals surface area contributed by atoms with Gasteiger partial charge in [-0.1, -0.05) is 12.1 Å². The highest BCUT2D eigenvalue weighted by atomic mass is 19.1. The fourth-order valence-corrected chi connectivity index (χ4v) is 2.28. The van der Waals surface area contributed by atoms with Gasteiger partial charge in [0.2, 0.25) is 0 Å². The highest BCUT2D eigenvalue weighted by molar-refractivity contribution is 5.69. The van der Waals surface area contributed by atoms with E-state index >= 15 is 0 Å². The van der Waals surface area contributed by atoms with Crippen LogP contribution in [0, 0.1) is 5.82 Å². The summed E-state index contributed by atoms with van der Waals surface area (Å²) in [6.45, 7) is 0. The second kappa shape index (κ2) is 6.30. The summed E-state index contributed by atoms with van der Waals surface area (Å²) in [5.41, 5.74) is 0.582. The van der Waals surface area contributed by atoms with E-state index in [4.69, 9.17) is 4.74 Å². The van der Waals surface area contributed by atoms with Gasteiger partial charge in [0.25, 0.3) is 0 Å². The molecule has 1 heterocycles. The highest BCUT2D eigenvalue weighted by Gasteiger charge is 2.43. The molecule has 0 amide bonds. The molecular formula is C14H17FO5.